The number of pyridine rings is 1. The number of aliphatic hydroxyl groups excluding tert-OH is 1. The van der Waals surface area contributed by atoms with Crippen molar-refractivity contribution < 1.29 is 9.90 Å². The Bertz CT molecular complexity index is 903. The highest BCUT2D eigenvalue weighted by molar-refractivity contribution is 7.13. The molecule has 134 valence electrons. The van der Waals surface area contributed by atoms with Crippen LogP contribution in [0.25, 0.3) is 21.5 Å². The Labute approximate surface area is 156 Å². The molecular formula is C20H21N3O2S. The average Bonchev–Trinajstić information content (AvgIpc) is 3.22. The third-order valence-electron chi connectivity index (χ3n) is 4.80. The molecule has 26 heavy (non-hydrogen) atoms. The normalized spacial score (nSPS) is 15.5. The largest absolute Gasteiger partial charge is 0.395 e. The summed E-state index contributed by atoms with van der Waals surface area (Å²) in [5, 5.41) is 12.0. The van der Waals surface area contributed by atoms with Crippen LogP contribution in [0.3, 0.4) is 0 Å². The molecule has 4 rings (SSSR count). The van der Waals surface area contributed by atoms with Gasteiger partial charge in [0.25, 0.3) is 5.91 Å². The van der Waals surface area contributed by atoms with Gasteiger partial charge in [-0.15, -0.1) is 11.3 Å². The smallest absolute Gasteiger partial charge is 0.254 e. The highest BCUT2D eigenvalue weighted by Crippen LogP contribution is 2.28. The van der Waals surface area contributed by atoms with Crippen LogP contribution in [0.4, 0.5) is 0 Å². The van der Waals surface area contributed by atoms with Crippen LogP contribution >= 0.6 is 11.3 Å². The van der Waals surface area contributed by atoms with Crippen LogP contribution in [-0.2, 0) is 0 Å². The summed E-state index contributed by atoms with van der Waals surface area (Å²) >= 11 is 1.63. The van der Waals surface area contributed by atoms with Crippen LogP contribution in [0.2, 0.25) is 0 Å². The van der Waals surface area contributed by atoms with Gasteiger partial charge in [-0.25, -0.2) is 4.98 Å². The van der Waals surface area contributed by atoms with E-state index in [0.717, 1.165) is 40.1 Å². The van der Waals surface area contributed by atoms with Crippen LogP contribution in [0.1, 0.15) is 10.4 Å². The molecular weight excluding hydrogens is 346 g/mol. The van der Waals surface area contributed by atoms with Crippen LogP contribution in [-0.4, -0.2) is 65.1 Å². The molecule has 1 aromatic carbocycles. The molecule has 0 radical (unpaired) electrons. The molecule has 1 aliphatic rings. The minimum Gasteiger partial charge on any atom is -0.395 e. The lowest BCUT2D eigenvalue weighted by atomic mass is 10.1. The Morgan fingerprint density at radius 3 is 2.65 bits per heavy atom. The molecule has 0 unspecified atom stereocenters. The Balaban J connectivity index is 1.68. The van der Waals surface area contributed by atoms with E-state index in [-0.39, 0.29) is 12.5 Å². The highest BCUT2D eigenvalue weighted by atomic mass is 32.1. The summed E-state index contributed by atoms with van der Waals surface area (Å²) < 4.78 is 0. The number of rotatable bonds is 4. The van der Waals surface area contributed by atoms with Crippen molar-refractivity contribution in [2.45, 2.75) is 0 Å². The average molecular weight is 367 g/mol. The highest BCUT2D eigenvalue weighted by Gasteiger charge is 2.24. The van der Waals surface area contributed by atoms with Gasteiger partial charge in [0.05, 0.1) is 28.3 Å². The van der Waals surface area contributed by atoms with E-state index in [2.05, 4.69) is 4.90 Å². The zero-order chi connectivity index (χ0) is 17.9. The molecule has 3 aromatic rings. The van der Waals surface area contributed by atoms with E-state index in [1.165, 1.54) is 0 Å². The zero-order valence-electron chi connectivity index (χ0n) is 14.5. The van der Waals surface area contributed by atoms with E-state index in [9.17, 15) is 4.79 Å². The number of fused-ring (bicyclic) bond motifs is 1. The lowest BCUT2D eigenvalue weighted by molar-refractivity contribution is 0.0617. The number of aromatic nitrogens is 1. The van der Waals surface area contributed by atoms with Gasteiger partial charge in [-0.3, -0.25) is 9.69 Å². The fourth-order valence-electron chi connectivity index (χ4n) is 3.39. The van der Waals surface area contributed by atoms with Crippen molar-refractivity contribution in [1.29, 1.82) is 0 Å². The maximum atomic E-state index is 13.2. The molecule has 1 N–H and O–H groups in total. The van der Waals surface area contributed by atoms with Crippen molar-refractivity contribution in [2.24, 2.45) is 0 Å². The van der Waals surface area contributed by atoms with Gasteiger partial charge in [0.2, 0.25) is 0 Å². The number of hydrogen-bond donors (Lipinski definition) is 1. The number of benzene rings is 1. The summed E-state index contributed by atoms with van der Waals surface area (Å²) in [4.78, 5) is 23.1. The number of carbonyl (C=O) groups excluding carboxylic acids is 1. The van der Waals surface area contributed by atoms with Gasteiger partial charge in [0.15, 0.2) is 0 Å². The summed E-state index contributed by atoms with van der Waals surface area (Å²) in [6.45, 7) is 3.80. The van der Waals surface area contributed by atoms with Crippen molar-refractivity contribution in [1.82, 2.24) is 14.8 Å². The molecule has 6 heteroatoms. The van der Waals surface area contributed by atoms with Crippen molar-refractivity contribution in [3.05, 3.63) is 53.4 Å². The predicted molar refractivity (Wildman–Crippen MR) is 104 cm³/mol. The topological polar surface area (TPSA) is 56.7 Å². The molecule has 0 bridgehead atoms. The number of thiophene rings is 1. The molecule has 1 amide bonds. The first-order valence-electron chi connectivity index (χ1n) is 8.82. The molecule has 0 spiro atoms. The third kappa shape index (κ3) is 3.35. The quantitative estimate of drug-likeness (QED) is 0.770. The number of carbonyl (C=O) groups is 1. The number of para-hydroxylation sites is 1. The Hall–Kier alpha value is -2.28. The molecule has 1 saturated heterocycles. The molecule has 3 heterocycles. The Morgan fingerprint density at radius 2 is 1.92 bits per heavy atom. The number of nitrogens with zero attached hydrogens (tertiary/aromatic N) is 3. The van der Waals surface area contributed by atoms with Crippen LogP contribution < -0.4 is 0 Å². The zero-order valence-corrected chi connectivity index (χ0v) is 15.3. The van der Waals surface area contributed by atoms with Gasteiger partial charge in [-0.05, 0) is 23.6 Å². The van der Waals surface area contributed by atoms with E-state index in [1.54, 1.807) is 11.3 Å². The van der Waals surface area contributed by atoms with E-state index >= 15 is 0 Å². The van der Waals surface area contributed by atoms with Gasteiger partial charge in [-0.1, -0.05) is 24.3 Å². The summed E-state index contributed by atoms with van der Waals surface area (Å²) in [5.41, 5.74) is 2.41. The monoisotopic (exact) mass is 367 g/mol. The maximum Gasteiger partial charge on any atom is 0.254 e. The van der Waals surface area contributed by atoms with E-state index < -0.39 is 0 Å². The molecule has 2 aromatic heterocycles. The molecule has 5 nitrogen and oxygen atoms in total. The molecule has 0 aliphatic carbocycles. The minimum absolute atomic E-state index is 0.0602. The molecule has 0 saturated carbocycles. The first-order chi connectivity index (χ1) is 12.8. The van der Waals surface area contributed by atoms with Crippen molar-refractivity contribution in [2.75, 3.05) is 39.3 Å². The predicted octanol–water partition coefficient (Wildman–Crippen LogP) is 2.71. The number of β-amino-alcohol motifs (C(OH)–C–C–N with tert-alkyl or cyclic N) is 1. The summed E-state index contributed by atoms with van der Waals surface area (Å²) in [7, 11) is 0. The summed E-state index contributed by atoms with van der Waals surface area (Å²) in [6.07, 6.45) is 0. The minimum atomic E-state index is 0.0602. The van der Waals surface area contributed by atoms with Crippen LogP contribution in [0.5, 0.6) is 0 Å². The maximum absolute atomic E-state index is 13.2. The second kappa shape index (κ2) is 7.53. The van der Waals surface area contributed by atoms with Gasteiger partial charge in [0.1, 0.15) is 0 Å². The Kier molecular flexibility index (Phi) is 4.97. The van der Waals surface area contributed by atoms with Gasteiger partial charge < -0.3 is 10.0 Å². The van der Waals surface area contributed by atoms with Crippen molar-refractivity contribution in [3.63, 3.8) is 0 Å². The molecule has 1 fully saturated rings. The summed E-state index contributed by atoms with van der Waals surface area (Å²) in [6, 6.07) is 13.8. The van der Waals surface area contributed by atoms with Crippen molar-refractivity contribution in [3.8, 4) is 10.6 Å². The lowest BCUT2D eigenvalue weighted by Gasteiger charge is -2.34. The van der Waals surface area contributed by atoms with Crippen molar-refractivity contribution >= 4 is 28.1 Å². The van der Waals surface area contributed by atoms with Gasteiger partial charge >= 0.3 is 0 Å². The molecule has 0 atom stereocenters. The SMILES string of the molecule is O=C(c1cc(-c2cccs2)nc2ccccc12)N1CCN(CCO)CC1. The van der Waals surface area contributed by atoms with E-state index in [0.29, 0.717) is 19.6 Å². The van der Waals surface area contributed by atoms with E-state index in [4.69, 9.17) is 10.1 Å². The standard InChI is InChI=1S/C20H21N3O2S/c24-12-11-22-7-9-23(10-8-22)20(25)16-14-18(19-6-3-13-26-19)21-17-5-2-1-4-15(16)17/h1-6,13-14,24H,7-12H2. The van der Waals surface area contributed by atoms with E-state index in [1.807, 2.05) is 52.7 Å². The fraction of sp³-hybridized carbons (Fsp3) is 0.300. The van der Waals surface area contributed by atoms with Gasteiger partial charge in [-0.2, -0.15) is 0 Å². The number of piperazine rings is 1. The lowest BCUT2D eigenvalue weighted by Crippen LogP contribution is -2.49. The second-order valence-corrected chi connectivity index (χ2v) is 7.35. The first kappa shape index (κ1) is 17.1. The number of aliphatic hydroxyl groups is 1. The fourth-order valence-corrected chi connectivity index (χ4v) is 4.08. The van der Waals surface area contributed by atoms with Gasteiger partial charge in [0, 0.05) is 38.1 Å². The first-order valence-corrected chi connectivity index (χ1v) is 9.70. The number of hydrogen-bond acceptors (Lipinski definition) is 5. The Morgan fingerprint density at radius 1 is 1.12 bits per heavy atom. The summed E-state index contributed by atoms with van der Waals surface area (Å²) in [5.74, 6) is 0.0602. The van der Waals surface area contributed by atoms with Crippen LogP contribution in [0.15, 0.2) is 47.8 Å². The number of amides is 1. The van der Waals surface area contributed by atoms with Crippen LogP contribution in [0, 0.1) is 0 Å². The third-order valence-corrected chi connectivity index (χ3v) is 5.69. The molecule has 1 aliphatic heterocycles. The second-order valence-electron chi connectivity index (χ2n) is 6.41.